The van der Waals surface area contributed by atoms with Crippen LogP contribution >= 0.6 is 70.6 Å². The molecule has 8 heteroatoms. The van der Waals surface area contributed by atoms with E-state index in [0.29, 0.717) is 5.90 Å². The van der Waals surface area contributed by atoms with Gasteiger partial charge in [0.2, 0.25) is 0 Å². The Labute approximate surface area is 138 Å². The largest absolute Gasteiger partial charge is 0.459 e. The molecule has 0 aliphatic carbocycles. The second kappa shape index (κ2) is 6.27. The van der Waals surface area contributed by atoms with Gasteiger partial charge in [-0.3, -0.25) is 0 Å². The Morgan fingerprint density at radius 3 is 2.21 bits per heavy atom. The van der Waals surface area contributed by atoms with Crippen LogP contribution in [0.2, 0.25) is 0 Å². The fourth-order valence-corrected chi connectivity index (χ4v) is 10.0. The van der Waals surface area contributed by atoms with Crippen molar-refractivity contribution in [2.45, 2.75) is 0 Å². The van der Waals surface area contributed by atoms with E-state index in [4.69, 9.17) is 0 Å². The maximum absolute atomic E-state index is 9.98. The molecule has 3 aliphatic rings. The van der Waals surface area contributed by atoms with Gasteiger partial charge in [-0.05, 0) is 0 Å². The highest BCUT2D eigenvalue weighted by atomic mass is 32.3. The summed E-state index contributed by atoms with van der Waals surface area (Å²) < 4.78 is 7.36. The third-order valence-corrected chi connectivity index (χ3v) is 11.0. The minimum Gasteiger partial charge on any atom is -0.459 e. The lowest BCUT2D eigenvalue weighted by Crippen LogP contribution is -2.12. The van der Waals surface area contributed by atoms with Crippen LogP contribution in [0.1, 0.15) is 0 Å². The monoisotopic (exact) mass is 366 g/mol. The Kier molecular flexibility index (Phi) is 4.86. The molecular formula is C11H12NOS6+. The van der Waals surface area contributed by atoms with E-state index in [1.807, 2.05) is 66.6 Å². The van der Waals surface area contributed by atoms with Crippen LogP contribution in [0, 0.1) is 0 Å². The van der Waals surface area contributed by atoms with E-state index in [2.05, 4.69) is 0 Å². The predicted molar refractivity (Wildman–Crippen MR) is 97.2 cm³/mol. The molecule has 0 aromatic heterocycles. The van der Waals surface area contributed by atoms with E-state index < -0.39 is 0 Å². The first kappa shape index (κ1) is 14.7. The van der Waals surface area contributed by atoms with E-state index in [1.54, 1.807) is 28.1 Å². The molecule has 3 rings (SSSR count). The van der Waals surface area contributed by atoms with Crippen molar-refractivity contribution in [2.24, 2.45) is 0 Å². The lowest BCUT2D eigenvalue weighted by molar-refractivity contribution is -0.472. The normalized spacial score (nSPS) is 22.7. The molecule has 3 heterocycles. The first-order chi connectivity index (χ1) is 9.15. The summed E-state index contributed by atoms with van der Waals surface area (Å²) in [6.07, 6.45) is 0. The van der Waals surface area contributed by atoms with Crippen LogP contribution in [0.4, 0.5) is 0 Å². The van der Waals surface area contributed by atoms with Crippen LogP contribution in [0.5, 0.6) is 0 Å². The average Bonchev–Trinajstić information content (AvgIpc) is 3.03. The molecule has 0 aromatic carbocycles. The number of aliphatic hydroxyl groups is 1. The smallest absolute Gasteiger partial charge is 0.374 e. The van der Waals surface area contributed by atoms with Gasteiger partial charge in [0, 0.05) is 16.9 Å². The number of thioether (sulfide) groups is 6. The molecule has 0 spiro atoms. The highest BCUT2D eigenvalue weighted by molar-refractivity contribution is 8.43. The summed E-state index contributed by atoms with van der Waals surface area (Å²) in [5.74, 6) is 2.79. The maximum Gasteiger partial charge on any atom is 0.374 e. The van der Waals surface area contributed by atoms with Crippen LogP contribution in [0.15, 0.2) is 27.3 Å². The summed E-state index contributed by atoms with van der Waals surface area (Å²) in [5.41, 5.74) is 0. The third-order valence-electron chi connectivity index (χ3n) is 2.37. The van der Waals surface area contributed by atoms with E-state index in [0.717, 1.165) is 4.91 Å². The molecule has 102 valence electrons. The van der Waals surface area contributed by atoms with Crippen LogP contribution in [0.3, 0.4) is 0 Å². The minimum absolute atomic E-state index is 0.350. The van der Waals surface area contributed by atoms with E-state index in [9.17, 15) is 5.11 Å². The average molecular weight is 367 g/mol. The molecule has 0 saturated carbocycles. The van der Waals surface area contributed by atoms with Crippen molar-refractivity contribution >= 4 is 76.5 Å². The van der Waals surface area contributed by atoms with Crippen LogP contribution in [0.25, 0.3) is 0 Å². The van der Waals surface area contributed by atoms with Gasteiger partial charge in [-0.25, -0.2) is 4.58 Å². The fourth-order valence-electron chi connectivity index (χ4n) is 1.46. The molecule has 0 radical (unpaired) electrons. The van der Waals surface area contributed by atoms with Gasteiger partial charge in [0.05, 0.1) is 16.9 Å². The summed E-state index contributed by atoms with van der Waals surface area (Å²) in [7, 11) is 3.72. The maximum atomic E-state index is 9.98. The van der Waals surface area contributed by atoms with Crippen LogP contribution in [-0.2, 0) is 0 Å². The van der Waals surface area contributed by atoms with Crippen molar-refractivity contribution in [3.05, 3.63) is 27.3 Å². The van der Waals surface area contributed by atoms with Gasteiger partial charge in [-0.2, -0.15) is 0 Å². The van der Waals surface area contributed by atoms with Crippen molar-refractivity contribution in [3.63, 3.8) is 0 Å². The van der Waals surface area contributed by atoms with Crippen molar-refractivity contribution in [1.29, 1.82) is 0 Å². The quantitative estimate of drug-likeness (QED) is 0.406. The fraction of sp³-hybridized carbons (Fsp3) is 0.364. The number of aliphatic hydroxyl groups excluding tert-OH is 1. The first-order valence-electron chi connectivity index (χ1n) is 5.53. The zero-order chi connectivity index (χ0) is 13.4. The Morgan fingerprint density at radius 1 is 1.00 bits per heavy atom. The Morgan fingerprint density at radius 2 is 1.63 bits per heavy atom. The standard InChI is InChI=1S/C11H11NOS6/c1-12(2)7(13)6-5-16-10(17-6)11-18-8-9(19-11)15-4-3-14-8/h5H,3-4H2,1-2H3/p+1. The third kappa shape index (κ3) is 3.18. The molecule has 0 aromatic rings. The topological polar surface area (TPSA) is 23.2 Å². The first-order valence-corrected chi connectivity index (χ1v) is 10.8. The molecule has 1 N–H and O–H groups in total. The minimum atomic E-state index is 0.350. The van der Waals surface area contributed by atoms with Gasteiger partial charge in [0.25, 0.3) is 0 Å². The number of nitrogens with zero attached hydrogens (tertiary/aromatic N) is 1. The highest BCUT2D eigenvalue weighted by Gasteiger charge is 2.31. The van der Waals surface area contributed by atoms with Gasteiger partial charge in [0.1, 0.15) is 19.0 Å². The predicted octanol–water partition coefficient (Wildman–Crippen LogP) is 4.75. The summed E-state index contributed by atoms with van der Waals surface area (Å²) in [6.45, 7) is 0. The molecule has 0 amide bonds. The van der Waals surface area contributed by atoms with Crippen LogP contribution < -0.4 is 0 Å². The van der Waals surface area contributed by atoms with Gasteiger partial charge >= 0.3 is 5.90 Å². The zero-order valence-corrected chi connectivity index (χ0v) is 15.2. The molecule has 19 heavy (non-hydrogen) atoms. The van der Waals surface area contributed by atoms with Crippen molar-refractivity contribution in [1.82, 2.24) is 0 Å². The molecule has 0 unspecified atom stereocenters. The summed E-state index contributed by atoms with van der Waals surface area (Å²) in [4.78, 5) is 0.948. The van der Waals surface area contributed by atoms with Crippen molar-refractivity contribution < 1.29 is 9.68 Å². The summed E-state index contributed by atoms with van der Waals surface area (Å²) in [5, 5.41) is 12.0. The number of hydrogen-bond donors (Lipinski definition) is 1. The molecule has 2 nitrogen and oxygen atoms in total. The van der Waals surface area contributed by atoms with Gasteiger partial charge in [0.15, 0.2) is 0 Å². The molecular weight excluding hydrogens is 355 g/mol. The second-order valence-corrected chi connectivity index (χ2v) is 11.2. The van der Waals surface area contributed by atoms with E-state index >= 15 is 0 Å². The number of rotatable bonds is 1. The highest BCUT2D eigenvalue weighted by Crippen LogP contribution is 2.63. The lowest BCUT2D eigenvalue weighted by atomic mass is 10.6. The van der Waals surface area contributed by atoms with Gasteiger partial charge < -0.3 is 5.11 Å². The lowest BCUT2D eigenvalue weighted by Gasteiger charge is -2.08. The Hall–Kier alpha value is 0.790. The second-order valence-electron chi connectivity index (χ2n) is 3.97. The van der Waals surface area contributed by atoms with Gasteiger partial charge in [-0.1, -0.05) is 47.0 Å². The molecule has 0 atom stereocenters. The summed E-state index contributed by atoms with van der Waals surface area (Å²) >= 11 is 11.2. The van der Waals surface area contributed by atoms with Crippen molar-refractivity contribution in [3.8, 4) is 0 Å². The Balaban J connectivity index is 1.74. The number of hydrogen-bond acceptors (Lipinski definition) is 6. The molecule has 0 saturated heterocycles. The van der Waals surface area contributed by atoms with Crippen molar-refractivity contribution in [2.75, 3.05) is 25.6 Å². The van der Waals surface area contributed by atoms with E-state index in [-0.39, 0.29) is 0 Å². The van der Waals surface area contributed by atoms with Gasteiger partial charge in [-0.15, -0.1) is 23.5 Å². The van der Waals surface area contributed by atoms with Crippen LogP contribution in [-0.4, -0.2) is 41.2 Å². The zero-order valence-electron chi connectivity index (χ0n) is 10.3. The molecule has 0 bridgehead atoms. The summed E-state index contributed by atoms with van der Waals surface area (Å²) in [6, 6.07) is 0. The van der Waals surface area contributed by atoms with E-state index in [1.165, 1.54) is 28.5 Å². The SMILES string of the molecule is C[N+](C)=C(O)C1=CSC(=C2SC3=C(SCCS3)S2)S1. The Bertz CT molecular complexity index is 523. The molecule has 3 aliphatic heterocycles. The molecule has 0 fully saturated rings.